The Hall–Kier alpha value is -2.44. The van der Waals surface area contributed by atoms with Gasteiger partial charge >= 0.3 is 6.18 Å². The van der Waals surface area contributed by atoms with Crippen molar-refractivity contribution in [2.75, 3.05) is 5.73 Å². The molecule has 0 aliphatic carbocycles. The highest BCUT2D eigenvalue weighted by atomic mass is 19.4. The SMILES string of the molecule is Cc1[nH]c2cc(C(F)(F)F)ccc2c1-c1cc(N)n(C)n1. The zero-order chi connectivity index (χ0) is 15.4. The maximum Gasteiger partial charge on any atom is 0.416 e. The summed E-state index contributed by atoms with van der Waals surface area (Å²) in [6.07, 6.45) is -4.36. The number of nitrogens with one attached hydrogen (secondary N) is 1. The fourth-order valence-electron chi connectivity index (χ4n) is 2.44. The second-order valence-electron chi connectivity index (χ2n) is 4.96. The molecular weight excluding hydrogens is 281 g/mol. The van der Waals surface area contributed by atoms with Gasteiger partial charge in [-0.05, 0) is 19.1 Å². The number of fused-ring (bicyclic) bond motifs is 1. The lowest BCUT2D eigenvalue weighted by molar-refractivity contribution is -0.137. The smallest absolute Gasteiger partial charge is 0.384 e. The summed E-state index contributed by atoms with van der Waals surface area (Å²) in [6.45, 7) is 1.80. The Morgan fingerprint density at radius 3 is 2.52 bits per heavy atom. The summed E-state index contributed by atoms with van der Waals surface area (Å²) in [4.78, 5) is 2.98. The molecule has 1 aromatic carbocycles. The van der Waals surface area contributed by atoms with Gasteiger partial charge in [0.2, 0.25) is 0 Å². The predicted octanol–water partition coefficient (Wildman–Crippen LogP) is 3.48. The highest BCUT2D eigenvalue weighted by molar-refractivity contribution is 5.97. The number of aryl methyl sites for hydroxylation is 2. The van der Waals surface area contributed by atoms with Crippen LogP contribution in [0.5, 0.6) is 0 Å². The Labute approximate surface area is 118 Å². The van der Waals surface area contributed by atoms with E-state index in [9.17, 15) is 13.2 Å². The summed E-state index contributed by atoms with van der Waals surface area (Å²) in [7, 11) is 1.71. The van der Waals surface area contributed by atoms with E-state index in [1.807, 2.05) is 0 Å². The monoisotopic (exact) mass is 294 g/mol. The summed E-state index contributed by atoms with van der Waals surface area (Å²) in [6, 6.07) is 5.35. The number of hydrogen-bond donors (Lipinski definition) is 2. The Morgan fingerprint density at radius 1 is 1.24 bits per heavy atom. The van der Waals surface area contributed by atoms with Crippen molar-refractivity contribution < 1.29 is 13.2 Å². The van der Waals surface area contributed by atoms with Gasteiger partial charge < -0.3 is 10.7 Å². The van der Waals surface area contributed by atoms with Crippen molar-refractivity contribution in [3.63, 3.8) is 0 Å². The molecule has 110 valence electrons. The van der Waals surface area contributed by atoms with E-state index in [0.717, 1.165) is 23.4 Å². The Balaban J connectivity index is 2.23. The van der Waals surface area contributed by atoms with E-state index < -0.39 is 11.7 Å². The van der Waals surface area contributed by atoms with Crippen LogP contribution in [0.1, 0.15) is 11.3 Å². The number of hydrogen-bond acceptors (Lipinski definition) is 2. The number of nitrogen functional groups attached to an aromatic ring is 1. The van der Waals surface area contributed by atoms with Gasteiger partial charge in [0.1, 0.15) is 5.82 Å². The molecule has 7 heteroatoms. The topological polar surface area (TPSA) is 59.6 Å². The first-order valence-electron chi connectivity index (χ1n) is 6.27. The molecule has 0 saturated heterocycles. The minimum absolute atomic E-state index is 0.432. The summed E-state index contributed by atoms with van der Waals surface area (Å²) in [5.74, 6) is 0.491. The second kappa shape index (κ2) is 4.28. The van der Waals surface area contributed by atoms with E-state index in [-0.39, 0.29) is 0 Å². The molecule has 0 aliphatic rings. The molecule has 0 aliphatic heterocycles. The minimum Gasteiger partial charge on any atom is -0.384 e. The first-order valence-corrected chi connectivity index (χ1v) is 6.27. The lowest BCUT2D eigenvalue weighted by atomic mass is 10.1. The van der Waals surface area contributed by atoms with Crippen LogP contribution in [0, 0.1) is 6.92 Å². The van der Waals surface area contributed by atoms with Gasteiger partial charge in [0.15, 0.2) is 0 Å². The van der Waals surface area contributed by atoms with Crippen LogP contribution in [-0.4, -0.2) is 14.8 Å². The van der Waals surface area contributed by atoms with Gasteiger partial charge in [0.25, 0.3) is 0 Å². The van der Waals surface area contributed by atoms with Crippen LogP contribution in [0.3, 0.4) is 0 Å². The Bertz CT molecular complexity index is 807. The fraction of sp³-hybridized carbons (Fsp3) is 0.214. The van der Waals surface area contributed by atoms with Crippen LogP contribution in [0.2, 0.25) is 0 Å². The van der Waals surface area contributed by atoms with Gasteiger partial charge in [0.05, 0.1) is 11.3 Å². The minimum atomic E-state index is -4.36. The van der Waals surface area contributed by atoms with Crippen molar-refractivity contribution in [1.82, 2.24) is 14.8 Å². The molecule has 0 bridgehead atoms. The average molecular weight is 294 g/mol. The number of anilines is 1. The summed E-state index contributed by atoms with van der Waals surface area (Å²) < 4.78 is 39.8. The molecule has 0 atom stereocenters. The first-order chi connectivity index (χ1) is 9.77. The predicted molar refractivity (Wildman–Crippen MR) is 74.7 cm³/mol. The third kappa shape index (κ3) is 2.14. The number of nitrogens with zero attached hydrogens (tertiary/aromatic N) is 2. The van der Waals surface area contributed by atoms with Crippen molar-refractivity contribution in [2.45, 2.75) is 13.1 Å². The van der Waals surface area contributed by atoms with Crippen LogP contribution in [-0.2, 0) is 13.2 Å². The van der Waals surface area contributed by atoms with E-state index in [2.05, 4.69) is 10.1 Å². The standard InChI is InChI=1S/C14H13F3N4/c1-7-13(11-6-12(18)21(2)20-11)9-4-3-8(14(15,16)17)5-10(9)19-7/h3-6,19H,18H2,1-2H3. The molecule has 0 radical (unpaired) electrons. The summed E-state index contributed by atoms with van der Waals surface area (Å²) in [5, 5.41) is 4.98. The maximum absolute atomic E-state index is 12.8. The molecule has 0 saturated carbocycles. The zero-order valence-corrected chi connectivity index (χ0v) is 11.4. The lowest BCUT2D eigenvalue weighted by Crippen LogP contribution is -2.04. The Morgan fingerprint density at radius 2 is 1.95 bits per heavy atom. The normalized spacial score (nSPS) is 12.2. The highest BCUT2D eigenvalue weighted by Gasteiger charge is 2.31. The van der Waals surface area contributed by atoms with Gasteiger partial charge in [-0.2, -0.15) is 18.3 Å². The lowest BCUT2D eigenvalue weighted by Gasteiger charge is -2.06. The van der Waals surface area contributed by atoms with Crippen LogP contribution in [0.4, 0.5) is 19.0 Å². The largest absolute Gasteiger partial charge is 0.416 e. The van der Waals surface area contributed by atoms with Crippen LogP contribution >= 0.6 is 0 Å². The first kappa shape index (κ1) is 13.5. The van der Waals surface area contributed by atoms with E-state index >= 15 is 0 Å². The summed E-state index contributed by atoms with van der Waals surface area (Å²) in [5.41, 5.74) is 7.68. The zero-order valence-electron chi connectivity index (χ0n) is 11.4. The number of benzene rings is 1. The average Bonchev–Trinajstić information content (AvgIpc) is 2.87. The van der Waals surface area contributed by atoms with Crippen molar-refractivity contribution in [2.24, 2.45) is 7.05 Å². The van der Waals surface area contributed by atoms with Crippen molar-refractivity contribution in [3.05, 3.63) is 35.5 Å². The van der Waals surface area contributed by atoms with Crippen molar-refractivity contribution >= 4 is 16.7 Å². The van der Waals surface area contributed by atoms with Crippen molar-refractivity contribution in [3.8, 4) is 11.3 Å². The van der Waals surface area contributed by atoms with Crippen LogP contribution in [0.25, 0.3) is 22.2 Å². The van der Waals surface area contributed by atoms with Gasteiger partial charge in [-0.15, -0.1) is 0 Å². The number of H-pyrrole nitrogens is 1. The number of aromatic amines is 1. The van der Waals surface area contributed by atoms with E-state index in [1.165, 1.54) is 10.7 Å². The Kier molecular flexibility index (Phi) is 2.76. The van der Waals surface area contributed by atoms with Crippen LogP contribution in [0.15, 0.2) is 24.3 Å². The fourth-order valence-corrected chi connectivity index (χ4v) is 2.44. The molecule has 3 N–H and O–H groups in total. The van der Waals surface area contributed by atoms with Crippen molar-refractivity contribution in [1.29, 1.82) is 0 Å². The molecule has 21 heavy (non-hydrogen) atoms. The second-order valence-corrected chi connectivity index (χ2v) is 4.96. The highest BCUT2D eigenvalue weighted by Crippen LogP contribution is 2.36. The van der Waals surface area contributed by atoms with Crippen LogP contribution < -0.4 is 5.73 Å². The quantitative estimate of drug-likeness (QED) is 0.722. The number of aromatic nitrogens is 3. The molecule has 4 nitrogen and oxygen atoms in total. The molecule has 0 unspecified atom stereocenters. The van der Waals surface area contributed by atoms with E-state index in [4.69, 9.17) is 5.73 Å². The molecule has 2 heterocycles. The number of nitrogens with two attached hydrogens (primary N) is 1. The third-order valence-corrected chi connectivity index (χ3v) is 3.49. The molecule has 3 rings (SSSR count). The van der Waals surface area contributed by atoms with Gasteiger partial charge in [-0.25, -0.2) is 0 Å². The number of halogens is 3. The van der Waals surface area contributed by atoms with Gasteiger partial charge in [0, 0.05) is 35.3 Å². The molecule has 0 spiro atoms. The molecule has 0 amide bonds. The molecule has 2 aromatic heterocycles. The van der Waals surface area contributed by atoms with E-state index in [1.54, 1.807) is 20.0 Å². The molecule has 3 aromatic rings. The number of alkyl halides is 3. The summed E-state index contributed by atoms with van der Waals surface area (Å²) >= 11 is 0. The molecule has 0 fully saturated rings. The van der Waals surface area contributed by atoms with Gasteiger partial charge in [-0.1, -0.05) is 6.07 Å². The maximum atomic E-state index is 12.8. The number of rotatable bonds is 1. The van der Waals surface area contributed by atoms with E-state index in [0.29, 0.717) is 22.4 Å². The third-order valence-electron chi connectivity index (χ3n) is 3.49. The van der Waals surface area contributed by atoms with Gasteiger partial charge in [-0.3, -0.25) is 4.68 Å². The molecular formula is C14H13F3N4.